The minimum absolute atomic E-state index is 0.142. The van der Waals surface area contributed by atoms with Gasteiger partial charge >= 0.3 is 0 Å². The minimum Gasteiger partial charge on any atom is -0.456 e. The molecule has 1 aliphatic carbocycles. The van der Waals surface area contributed by atoms with Gasteiger partial charge in [-0.25, -0.2) is 0 Å². The van der Waals surface area contributed by atoms with E-state index in [4.69, 9.17) is 15.9 Å². The third kappa shape index (κ3) is 5.88. The highest BCUT2D eigenvalue weighted by molar-refractivity contribution is 5.91. The first-order valence-corrected chi connectivity index (χ1v) is 9.56. The van der Waals surface area contributed by atoms with Crippen LogP contribution in [0.4, 0.5) is 0 Å². The molecule has 5 N–H and O–H groups in total. The number of guanidine groups is 1. The number of amides is 1. The van der Waals surface area contributed by atoms with Crippen molar-refractivity contribution in [2.45, 2.75) is 32.1 Å². The average Bonchev–Trinajstić information content (AvgIpc) is 3.14. The molecule has 1 aromatic carbocycles. The fourth-order valence-corrected chi connectivity index (χ4v) is 3.57. The zero-order valence-electron chi connectivity index (χ0n) is 15.6. The molecular formula is C21H28N4O2. The largest absolute Gasteiger partial charge is 0.456 e. The lowest BCUT2D eigenvalue weighted by atomic mass is 9.82. The van der Waals surface area contributed by atoms with Gasteiger partial charge in [0.1, 0.15) is 5.76 Å². The maximum atomic E-state index is 12.3. The Hall–Kier alpha value is -2.76. The SMILES string of the molecule is NC(N)=NCC1CCC(CNC(=O)c2ccc(Cc3ccccc3)o2)CC1. The van der Waals surface area contributed by atoms with Crippen molar-refractivity contribution in [1.29, 1.82) is 0 Å². The van der Waals surface area contributed by atoms with Crippen LogP contribution in [0.1, 0.15) is 47.6 Å². The Morgan fingerprint density at radius 1 is 1.04 bits per heavy atom. The van der Waals surface area contributed by atoms with Crippen molar-refractivity contribution in [1.82, 2.24) is 5.32 Å². The summed E-state index contributed by atoms with van der Waals surface area (Å²) in [6.45, 7) is 1.39. The van der Waals surface area contributed by atoms with E-state index in [1.165, 1.54) is 0 Å². The standard InChI is InChI=1S/C21H28N4O2/c22-21(23)25-14-17-8-6-16(7-9-17)13-24-20(26)19-11-10-18(27-19)12-15-4-2-1-3-5-15/h1-5,10-11,16-17H,6-9,12-14H2,(H,24,26)(H4,22,23,25). The third-order valence-corrected chi connectivity index (χ3v) is 5.16. The molecule has 144 valence electrons. The van der Waals surface area contributed by atoms with Crippen LogP contribution in [0.25, 0.3) is 0 Å². The second-order valence-corrected chi connectivity index (χ2v) is 7.29. The van der Waals surface area contributed by atoms with E-state index in [1.54, 1.807) is 6.07 Å². The predicted octanol–water partition coefficient (Wildman–Crippen LogP) is 2.68. The van der Waals surface area contributed by atoms with Crippen LogP contribution >= 0.6 is 0 Å². The Morgan fingerprint density at radius 3 is 2.44 bits per heavy atom. The highest BCUT2D eigenvalue weighted by atomic mass is 16.3. The van der Waals surface area contributed by atoms with Crippen molar-refractivity contribution in [2.24, 2.45) is 28.3 Å². The second-order valence-electron chi connectivity index (χ2n) is 7.29. The van der Waals surface area contributed by atoms with Gasteiger partial charge in [0.05, 0.1) is 0 Å². The molecule has 0 saturated heterocycles. The molecule has 3 rings (SSSR count). The number of benzene rings is 1. The van der Waals surface area contributed by atoms with Gasteiger partial charge in [-0.05, 0) is 55.2 Å². The van der Waals surface area contributed by atoms with E-state index in [0.717, 1.165) is 37.0 Å². The zero-order valence-corrected chi connectivity index (χ0v) is 15.6. The summed E-state index contributed by atoms with van der Waals surface area (Å²) < 4.78 is 5.71. The van der Waals surface area contributed by atoms with Gasteiger partial charge in [-0.1, -0.05) is 30.3 Å². The number of nitrogens with two attached hydrogens (primary N) is 2. The summed E-state index contributed by atoms with van der Waals surface area (Å²) in [5, 5.41) is 3.01. The predicted molar refractivity (Wildman–Crippen MR) is 106 cm³/mol. The van der Waals surface area contributed by atoms with Crippen LogP contribution < -0.4 is 16.8 Å². The van der Waals surface area contributed by atoms with Gasteiger partial charge in [-0.2, -0.15) is 0 Å². The minimum atomic E-state index is -0.142. The molecule has 0 bridgehead atoms. The molecule has 1 amide bonds. The quantitative estimate of drug-likeness (QED) is 0.516. The maximum absolute atomic E-state index is 12.3. The van der Waals surface area contributed by atoms with Crippen LogP contribution in [0.2, 0.25) is 0 Å². The van der Waals surface area contributed by atoms with Crippen molar-refractivity contribution in [2.75, 3.05) is 13.1 Å². The Bertz CT molecular complexity index is 757. The fourth-order valence-electron chi connectivity index (χ4n) is 3.57. The average molecular weight is 368 g/mol. The molecular weight excluding hydrogens is 340 g/mol. The van der Waals surface area contributed by atoms with Gasteiger partial charge in [-0.3, -0.25) is 9.79 Å². The molecule has 1 fully saturated rings. The Kier molecular flexibility index (Phi) is 6.52. The van der Waals surface area contributed by atoms with Crippen LogP contribution in [0.15, 0.2) is 51.9 Å². The highest BCUT2D eigenvalue weighted by Crippen LogP contribution is 2.28. The van der Waals surface area contributed by atoms with Crippen LogP contribution in [0.3, 0.4) is 0 Å². The Balaban J connectivity index is 1.42. The molecule has 6 heteroatoms. The molecule has 0 aliphatic heterocycles. The third-order valence-electron chi connectivity index (χ3n) is 5.16. The lowest BCUT2D eigenvalue weighted by Gasteiger charge is -2.27. The fraction of sp³-hybridized carbons (Fsp3) is 0.429. The van der Waals surface area contributed by atoms with Crippen LogP contribution in [-0.4, -0.2) is 25.0 Å². The maximum Gasteiger partial charge on any atom is 0.287 e. The second kappa shape index (κ2) is 9.26. The summed E-state index contributed by atoms with van der Waals surface area (Å²) in [6, 6.07) is 13.7. The van der Waals surface area contributed by atoms with E-state index in [2.05, 4.69) is 10.3 Å². The number of carbonyl (C=O) groups is 1. The summed E-state index contributed by atoms with van der Waals surface area (Å²) in [5.74, 6) is 2.24. The number of nitrogens with one attached hydrogen (secondary N) is 1. The topological polar surface area (TPSA) is 107 Å². The van der Waals surface area contributed by atoms with Gasteiger partial charge in [0, 0.05) is 19.5 Å². The van der Waals surface area contributed by atoms with Crippen molar-refractivity contribution < 1.29 is 9.21 Å². The summed E-state index contributed by atoms with van der Waals surface area (Å²) in [6.07, 6.45) is 5.05. The Morgan fingerprint density at radius 2 is 1.74 bits per heavy atom. The summed E-state index contributed by atoms with van der Waals surface area (Å²) in [5.41, 5.74) is 11.9. The number of carbonyl (C=O) groups excluding carboxylic acids is 1. The van der Waals surface area contributed by atoms with Crippen molar-refractivity contribution in [3.8, 4) is 0 Å². The van der Waals surface area contributed by atoms with Gasteiger partial charge in [-0.15, -0.1) is 0 Å². The summed E-state index contributed by atoms with van der Waals surface area (Å²) >= 11 is 0. The van der Waals surface area contributed by atoms with E-state index in [0.29, 0.717) is 37.1 Å². The molecule has 1 aliphatic rings. The van der Waals surface area contributed by atoms with Crippen molar-refractivity contribution in [3.05, 3.63) is 59.5 Å². The molecule has 1 heterocycles. The van der Waals surface area contributed by atoms with E-state index in [9.17, 15) is 4.79 Å². The summed E-state index contributed by atoms with van der Waals surface area (Å²) in [4.78, 5) is 16.5. The molecule has 0 radical (unpaired) electrons. The highest BCUT2D eigenvalue weighted by Gasteiger charge is 2.22. The van der Waals surface area contributed by atoms with Gasteiger partial charge < -0.3 is 21.2 Å². The molecule has 6 nitrogen and oxygen atoms in total. The molecule has 1 saturated carbocycles. The van der Waals surface area contributed by atoms with E-state index in [-0.39, 0.29) is 11.9 Å². The molecule has 27 heavy (non-hydrogen) atoms. The normalized spacial score (nSPS) is 19.4. The van der Waals surface area contributed by atoms with Crippen LogP contribution in [0.5, 0.6) is 0 Å². The smallest absolute Gasteiger partial charge is 0.287 e. The lowest BCUT2D eigenvalue weighted by Crippen LogP contribution is -2.31. The zero-order chi connectivity index (χ0) is 19.1. The van der Waals surface area contributed by atoms with Gasteiger partial charge in [0.15, 0.2) is 11.7 Å². The number of hydrogen-bond donors (Lipinski definition) is 3. The molecule has 0 atom stereocenters. The lowest BCUT2D eigenvalue weighted by molar-refractivity contribution is 0.0912. The van der Waals surface area contributed by atoms with Crippen molar-refractivity contribution >= 4 is 11.9 Å². The first kappa shape index (κ1) is 19.0. The van der Waals surface area contributed by atoms with E-state index in [1.807, 2.05) is 36.4 Å². The first-order chi connectivity index (χ1) is 13.1. The summed E-state index contributed by atoms with van der Waals surface area (Å²) in [7, 11) is 0. The van der Waals surface area contributed by atoms with E-state index >= 15 is 0 Å². The van der Waals surface area contributed by atoms with Crippen LogP contribution in [0, 0.1) is 11.8 Å². The number of hydrogen-bond acceptors (Lipinski definition) is 3. The number of aliphatic imine (C=N–C) groups is 1. The molecule has 0 spiro atoms. The molecule has 2 aromatic rings. The van der Waals surface area contributed by atoms with Crippen LogP contribution in [-0.2, 0) is 6.42 Å². The number of rotatable bonds is 7. The van der Waals surface area contributed by atoms with Gasteiger partial charge in [0.2, 0.25) is 0 Å². The number of nitrogens with zero attached hydrogens (tertiary/aromatic N) is 1. The Labute approximate surface area is 160 Å². The molecule has 0 unspecified atom stereocenters. The number of furan rings is 1. The van der Waals surface area contributed by atoms with Crippen molar-refractivity contribution in [3.63, 3.8) is 0 Å². The monoisotopic (exact) mass is 368 g/mol. The first-order valence-electron chi connectivity index (χ1n) is 9.56. The van der Waals surface area contributed by atoms with Gasteiger partial charge in [0.25, 0.3) is 5.91 Å². The molecule has 1 aromatic heterocycles. The van der Waals surface area contributed by atoms with E-state index < -0.39 is 0 Å².